The Morgan fingerprint density at radius 3 is 2.46 bits per heavy atom. The SMILES string of the molecule is N#Cc1ccc(C(=O)N(Cc2ccccc2)c2nc3c(F)cccc3s2)cc1. The molecule has 0 radical (unpaired) electrons. The van der Waals surface area contributed by atoms with Gasteiger partial charge in [-0.2, -0.15) is 5.26 Å². The van der Waals surface area contributed by atoms with Crippen molar-refractivity contribution in [2.24, 2.45) is 0 Å². The molecule has 6 heteroatoms. The van der Waals surface area contributed by atoms with Crippen LogP contribution in [0, 0.1) is 17.1 Å². The molecular weight excluding hydrogens is 373 g/mol. The Morgan fingerprint density at radius 1 is 1.04 bits per heavy atom. The van der Waals surface area contributed by atoms with Crippen LogP contribution in [0.2, 0.25) is 0 Å². The first-order chi connectivity index (χ1) is 13.7. The van der Waals surface area contributed by atoms with Crippen molar-refractivity contribution in [1.82, 2.24) is 4.98 Å². The number of rotatable bonds is 4. The molecule has 1 heterocycles. The Hall–Kier alpha value is -3.56. The number of amides is 1. The first kappa shape index (κ1) is 17.8. The Bertz CT molecular complexity index is 1180. The van der Waals surface area contributed by atoms with E-state index in [1.807, 2.05) is 36.4 Å². The highest BCUT2D eigenvalue weighted by Gasteiger charge is 2.22. The molecule has 0 saturated carbocycles. The van der Waals surface area contributed by atoms with Crippen LogP contribution in [0.5, 0.6) is 0 Å². The number of nitriles is 1. The molecule has 1 aromatic heterocycles. The quantitative estimate of drug-likeness (QED) is 0.486. The molecule has 0 fully saturated rings. The summed E-state index contributed by atoms with van der Waals surface area (Å²) < 4.78 is 14.8. The van der Waals surface area contributed by atoms with Crippen LogP contribution in [0.3, 0.4) is 0 Å². The van der Waals surface area contributed by atoms with Crippen molar-refractivity contribution in [3.63, 3.8) is 0 Å². The monoisotopic (exact) mass is 387 g/mol. The lowest BCUT2D eigenvalue weighted by Gasteiger charge is -2.20. The first-order valence-corrected chi connectivity index (χ1v) is 9.38. The van der Waals surface area contributed by atoms with Gasteiger partial charge >= 0.3 is 0 Å². The Morgan fingerprint density at radius 2 is 1.79 bits per heavy atom. The van der Waals surface area contributed by atoms with Crippen molar-refractivity contribution in [3.05, 3.63) is 95.3 Å². The van der Waals surface area contributed by atoms with Crippen LogP contribution in [-0.2, 0) is 6.54 Å². The maximum Gasteiger partial charge on any atom is 0.260 e. The number of aromatic nitrogens is 1. The minimum atomic E-state index is -0.412. The smallest absolute Gasteiger partial charge is 0.260 e. The summed E-state index contributed by atoms with van der Waals surface area (Å²) in [6.07, 6.45) is 0. The van der Waals surface area contributed by atoms with Gasteiger partial charge in [0.05, 0.1) is 22.9 Å². The number of hydrogen-bond donors (Lipinski definition) is 0. The van der Waals surface area contributed by atoms with E-state index in [-0.39, 0.29) is 11.4 Å². The Balaban J connectivity index is 1.77. The van der Waals surface area contributed by atoms with E-state index in [0.717, 1.165) is 5.56 Å². The topological polar surface area (TPSA) is 57.0 Å². The number of benzene rings is 3. The predicted octanol–water partition coefficient (Wildman–Crippen LogP) is 5.15. The Kier molecular flexibility index (Phi) is 4.83. The van der Waals surface area contributed by atoms with Crippen molar-refractivity contribution in [3.8, 4) is 6.07 Å². The van der Waals surface area contributed by atoms with Crippen LogP contribution < -0.4 is 4.90 Å². The van der Waals surface area contributed by atoms with Crippen LogP contribution in [0.1, 0.15) is 21.5 Å². The van der Waals surface area contributed by atoms with Crippen molar-refractivity contribution >= 4 is 32.6 Å². The van der Waals surface area contributed by atoms with Crippen molar-refractivity contribution in [1.29, 1.82) is 5.26 Å². The maximum atomic E-state index is 14.1. The van der Waals surface area contributed by atoms with Gasteiger partial charge in [-0.3, -0.25) is 9.69 Å². The summed E-state index contributed by atoms with van der Waals surface area (Å²) in [4.78, 5) is 19.2. The third kappa shape index (κ3) is 3.48. The number of fused-ring (bicyclic) bond motifs is 1. The van der Waals surface area contributed by atoms with Crippen molar-refractivity contribution in [2.45, 2.75) is 6.54 Å². The normalized spacial score (nSPS) is 10.6. The maximum absolute atomic E-state index is 14.1. The van der Waals surface area contributed by atoms with Crippen LogP contribution in [0.4, 0.5) is 9.52 Å². The fourth-order valence-electron chi connectivity index (χ4n) is 2.85. The first-order valence-electron chi connectivity index (χ1n) is 8.57. The molecule has 4 aromatic rings. The summed E-state index contributed by atoms with van der Waals surface area (Å²) in [7, 11) is 0. The van der Waals surface area contributed by atoms with Crippen molar-refractivity contribution < 1.29 is 9.18 Å². The summed E-state index contributed by atoms with van der Waals surface area (Å²) in [6.45, 7) is 0.307. The summed E-state index contributed by atoms with van der Waals surface area (Å²) in [5.74, 6) is -0.668. The van der Waals surface area contributed by atoms with Gasteiger partial charge in [-0.1, -0.05) is 47.7 Å². The summed E-state index contributed by atoms with van der Waals surface area (Å²) in [5, 5.41) is 9.40. The zero-order valence-electron chi connectivity index (χ0n) is 14.7. The second-order valence-electron chi connectivity index (χ2n) is 6.15. The molecule has 1 amide bonds. The number of anilines is 1. The summed E-state index contributed by atoms with van der Waals surface area (Å²) >= 11 is 1.27. The van der Waals surface area contributed by atoms with E-state index in [1.165, 1.54) is 17.4 Å². The number of thiazole rings is 1. The van der Waals surface area contributed by atoms with Gasteiger partial charge in [0, 0.05) is 5.56 Å². The van der Waals surface area contributed by atoms with Gasteiger partial charge < -0.3 is 0 Å². The minimum absolute atomic E-state index is 0.257. The highest BCUT2D eigenvalue weighted by atomic mass is 32.1. The third-order valence-corrected chi connectivity index (χ3v) is 5.32. The molecule has 3 aromatic carbocycles. The van der Waals surface area contributed by atoms with E-state index in [2.05, 4.69) is 4.98 Å². The zero-order valence-corrected chi connectivity index (χ0v) is 15.5. The average molecular weight is 387 g/mol. The van der Waals surface area contributed by atoms with Gasteiger partial charge in [0.2, 0.25) is 0 Å². The number of para-hydroxylation sites is 1. The van der Waals surface area contributed by atoms with E-state index >= 15 is 0 Å². The van der Waals surface area contributed by atoms with Gasteiger partial charge in [0.25, 0.3) is 5.91 Å². The highest BCUT2D eigenvalue weighted by molar-refractivity contribution is 7.22. The van der Waals surface area contributed by atoms with E-state index in [1.54, 1.807) is 41.3 Å². The molecule has 0 N–H and O–H groups in total. The third-order valence-electron chi connectivity index (χ3n) is 4.28. The molecule has 0 saturated heterocycles. The van der Waals surface area contributed by atoms with Gasteiger partial charge in [-0.15, -0.1) is 0 Å². The van der Waals surface area contributed by atoms with E-state index in [0.29, 0.717) is 27.5 Å². The number of halogens is 1. The second-order valence-corrected chi connectivity index (χ2v) is 7.16. The van der Waals surface area contributed by atoms with Gasteiger partial charge in [-0.25, -0.2) is 9.37 Å². The molecule has 0 bridgehead atoms. The molecule has 4 rings (SSSR count). The minimum Gasteiger partial charge on any atom is -0.279 e. The molecule has 0 atom stereocenters. The Labute approximate surface area is 165 Å². The number of nitrogens with zero attached hydrogens (tertiary/aromatic N) is 3. The molecule has 0 aliphatic heterocycles. The molecule has 4 nitrogen and oxygen atoms in total. The largest absolute Gasteiger partial charge is 0.279 e. The number of carbonyl (C=O) groups is 1. The fourth-order valence-corrected chi connectivity index (χ4v) is 3.83. The molecular formula is C22H14FN3OS. The van der Waals surface area contributed by atoms with Crippen LogP contribution >= 0.6 is 11.3 Å². The molecule has 0 unspecified atom stereocenters. The average Bonchev–Trinajstić information content (AvgIpc) is 3.18. The van der Waals surface area contributed by atoms with Crippen molar-refractivity contribution in [2.75, 3.05) is 4.90 Å². The predicted molar refractivity (Wildman–Crippen MR) is 108 cm³/mol. The lowest BCUT2D eigenvalue weighted by molar-refractivity contribution is 0.0985. The molecule has 136 valence electrons. The van der Waals surface area contributed by atoms with Crippen LogP contribution in [0.25, 0.3) is 10.2 Å². The van der Waals surface area contributed by atoms with Crippen LogP contribution in [-0.4, -0.2) is 10.9 Å². The van der Waals surface area contributed by atoms with E-state index in [9.17, 15) is 9.18 Å². The van der Waals surface area contributed by atoms with E-state index in [4.69, 9.17) is 5.26 Å². The lowest BCUT2D eigenvalue weighted by atomic mass is 10.1. The summed E-state index contributed by atoms with van der Waals surface area (Å²) in [6, 6.07) is 22.8. The summed E-state index contributed by atoms with van der Waals surface area (Å²) in [5.41, 5.74) is 2.11. The molecule has 0 spiro atoms. The van der Waals surface area contributed by atoms with Crippen LogP contribution in [0.15, 0.2) is 72.8 Å². The number of carbonyl (C=O) groups excluding carboxylic acids is 1. The van der Waals surface area contributed by atoms with Gasteiger partial charge in [-0.05, 0) is 42.0 Å². The highest BCUT2D eigenvalue weighted by Crippen LogP contribution is 2.32. The standard InChI is InChI=1S/C22H14FN3OS/c23-18-7-4-8-19-20(18)25-22(28-19)26(14-16-5-2-1-3-6-16)21(27)17-11-9-15(13-24)10-12-17/h1-12H,14H2. The zero-order chi connectivity index (χ0) is 19.5. The fraction of sp³-hybridized carbons (Fsp3) is 0.0455. The molecule has 0 aliphatic carbocycles. The molecule has 0 aliphatic rings. The second kappa shape index (κ2) is 7.59. The number of hydrogen-bond acceptors (Lipinski definition) is 4. The van der Waals surface area contributed by atoms with Gasteiger partial charge in [0.15, 0.2) is 5.13 Å². The lowest BCUT2D eigenvalue weighted by Crippen LogP contribution is -2.30. The molecule has 28 heavy (non-hydrogen) atoms. The van der Waals surface area contributed by atoms with Gasteiger partial charge in [0.1, 0.15) is 11.3 Å². The van der Waals surface area contributed by atoms with E-state index < -0.39 is 5.82 Å².